The third-order valence-electron chi connectivity index (χ3n) is 6.16. The quantitative estimate of drug-likeness (QED) is 0.477. The zero-order valence-corrected chi connectivity index (χ0v) is 19.2. The van der Waals surface area contributed by atoms with Gasteiger partial charge in [-0.3, -0.25) is 9.48 Å². The minimum Gasteiger partial charge on any atom is -0.369 e. The van der Waals surface area contributed by atoms with Crippen molar-refractivity contribution in [2.45, 2.75) is 39.7 Å². The smallest absolute Gasteiger partial charge is 0.230 e. The SMILES string of the molecule is Cc1nn(C2CCN(C)C2)cc1Nc1ncc(C#N)c(NCCCN2CC(C)(C)C2=O)n1. The number of rotatable bonds is 8. The Morgan fingerprint density at radius 2 is 2.19 bits per heavy atom. The first-order valence-corrected chi connectivity index (χ1v) is 11.1. The van der Waals surface area contributed by atoms with E-state index in [2.05, 4.69) is 43.7 Å². The molecule has 2 fully saturated rings. The van der Waals surface area contributed by atoms with E-state index in [9.17, 15) is 10.1 Å². The van der Waals surface area contributed by atoms with Gasteiger partial charge in [0.2, 0.25) is 11.9 Å². The van der Waals surface area contributed by atoms with Crippen LogP contribution in [0.5, 0.6) is 0 Å². The van der Waals surface area contributed by atoms with Gasteiger partial charge < -0.3 is 20.4 Å². The molecule has 32 heavy (non-hydrogen) atoms. The predicted molar refractivity (Wildman–Crippen MR) is 122 cm³/mol. The molecule has 0 radical (unpaired) electrons. The predicted octanol–water partition coefficient (Wildman–Crippen LogP) is 2.14. The van der Waals surface area contributed by atoms with Crippen molar-refractivity contribution in [2.24, 2.45) is 5.41 Å². The molecule has 0 aliphatic carbocycles. The molecule has 2 N–H and O–H groups in total. The number of carbonyl (C=O) groups excluding carboxylic acids is 1. The summed E-state index contributed by atoms with van der Waals surface area (Å²) >= 11 is 0. The number of carbonyl (C=O) groups is 1. The van der Waals surface area contributed by atoms with E-state index in [-0.39, 0.29) is 11.3 Å². The molecule has 2 aliphatic heterocycles. The Morgan fingerprint density at radius 1 is 1.38 bits per heavy atom. The fourth-order valence-corrected chi connectivity index (χ4v) is 4.31. The third kappa shape index (κ3) is 4.53. The van der Waals surface area contributed by atoms with Crippen molar-refractivity contribution >= 4 is 23.4 Å². The van der Waals surface area contributed by atoms with Crippen LogP contribution in [-0.2, 0) is 4.79 Å². The summed E-state index contributed by atoms with van der Waals surface area (Å²) in [7, 11) is 2.12. The monoisotopic (exact) mass is 437 g/mol. The van der Waals surface area contributed by atoms with Crippen LogP contribution in [-0.4, -0.2) is 75.2 Å². The fraction of sp³-hybridized carbons (Fsp3) is 0.591. The van der Waals surface area contributed by atoms with E-state index in [1.165, 1.54) is 6.20 Å². The van der Waals surface area contributed by atoms with Crippen LogP contribution in [0, 0.1) is 23.7 Å². The normalized spacial score (nSPS) is 20.2. The highest BCUT2D eigenvalue weighted by atomic mass is 16.2. The lowest BCUT2D eigenvalue weighted by Crippen LogP contribution is -2.58. The van der Waals surface area contributed by atoms with Gasteiger partial charge in [0.25, 0.3) is 0 Å². The maximum Gasteiger partial charge on any atom is 0.230 e. The lowest BCUT2D eigenvalue weighted by molar-refractivity contribution is -0.156. The summed E-state index contributed by atoms with van der Waals surface area (Å²) in [5.41, 5.74) is 1.89. The summed E-state index contributed by atoms with van der Waals surface area (Å²) in [4.78, 5) is 25.0. The van der Waals surface area contributed by atoms with Crippen molar-refractivity contribution in [1.29, 1.82) is 5.26 Å². The van der Waals surface area contributed by atoms with Crippen LogP contribution >= 0.6 is 0 Å². The molecule has 10 nitrogen and oxygen atoms in total. The number of anilines is 3. The van der Waals surface area contributed by atoms with Gasteiger partial charge in [0.1, 0.15) is 17.5 Å². The molecule has 0 saturated carbocycles. The summed E-state index contributed by atoms with van der Waals surface area (Å²) in [5, 5.41) is 20.5. The second-order valence-corrected chi connectivity index (χ2v) is 9.40. The number of aryl methyl sites for hydroxylation is 1. The van der Waals surface area contributed by atoms with Crippen LogP contribution in [0.15, 0.2) is 12.4 Å². The Kier molecular flexibility index (Phi) is 6.02. The van der Waals surface area contributed by atoms with Gasteiger partial charge in [0.15, 0.2) is 0 Å². The van der Waals surface area contributed by atoms with Crippen molar-refractivity contribution in [3.05, 3.63) is 23.7 Å². The largest absolute Gasteiger partial charge is 0.369 e. The van der Waals surface area contributed by atoms with Gasteiger partial charge in [-0.05, 0) is 47.2 Å². The molecule has 1 atom stereocenters. The fourth-order valence-electron chi connectivity index (χ4n) is 4.31. The first-order valence-electron chi connectivity index (χ1n) is 11.1. The Balaban J connectivity index is 1.36. The standard InChI is InChI=1S/C22H31N9O/c1-15-18(13-31(28-15)17-6-9-29(4)12-17)26-21-25-11-16(10-23)19(27-21)24-7-5-8-30-14-22(2,3)20(30)32/h11,13,17H,5-9,12,14H2,1-4H3,(H2,24,25,26,27). The molecular formula is C22H31N9O. The Morgan fingerprint density at radius 3 is 2.84 bits per heavy atom. The molecule has 0 bridgehead atoms. The maximum atomic E-state index is 12.0. The topological polar surface area (TPSA) is 115 Å². The minimum atomic E-state index is -0.228. The first kappa shape index (κ1) is 22.0. The number of hydrogen-bond donors (Lipinski definition) is 2. The van der Waals surface area contributed by atoms with E-state index >= 15 is 0 Å². The second kappa shape index (κ2) is 8.74. The average molecular weight is 438 g/mol. The van der Waals surface area contributed by atoms with Gasteiger partial charge in [-0.25, -0.2) is 4.98 Å². The molecule has 0 aromatic carbocycles. The highest BCUT2D eigenvalue weighted by Crippen LogP contribution is 2.30. The van der Waals surface area contributed by atoms with E-state index < -0.39 is 0 Å². The van der Waals surface area contributed by atoms with Gasteiger partial charge in [0.05, 0.1) is 29.0 Å². The van der Waals surface area contributed by atoms with Gasteiger partial charge in [-0.2, -0.15) is 15.3 Å². The highest BCUT2D eigenvalue weighted by molar-refractivity contribution is 5.87. The van der Waals surface area contributed by atoms with E-state index in [0.29, 0.717) is 36.5 Å². The Bertz CT molecular complexity index is 1040. The van der Waals surface area contributed by atoms with Crippen LogP contribution < -0.4 is 10.6 Å². The van der Waals surface area contributed by atoms with Crippen molar-refractivity contribution in [3.8, 4) is 6.07 Å². The molecule has 0 spiro atoms. The molecular weight excluding hydrogens is 406 g/mol. The van der Waals surface area contributed by atoms with Crippen LogP contribution in [0.2, 0.25) is 0 Å². The van der Waals surface area contributed by atoms with Crippen molar-refractivity contribution < 1.29 is 4.79 Å². The highest BCUT2D eigenvalue weighted by Gasteiger charge is 2.43. The number of nitrogens with zero attached hydrogens (tertiary/aromatic N) is 7. The van der Waals surface area contributed by atoms with Crippen LogP contribution in [0.1, 0.15) is 44.0 Å². The lowest BCUT2D eigenvalue weighted by Gasteiger charge is -2.44. The van der Waals surface area contributed by atoms with E-state index in [1.54, 1.807) is 0 Å². The molecule has 2 aliphatic rings. The molecule has 170 valence electrons. The number of hydrogen-bond acceptors (Lipinski definition) is 8. The van der Waals surface area contributed by atoms with Crippen molar-refractivity contribution in [3.63, 3.8) is 0 Å². The van der Waals surface area contributed by atoms with Crippen molar-refractivity contribution in [2.75, 3.05) is 50.4 Å². The Labute approximate surface area is 188 Å². The summed E-state index contributed by atoms with van der Waals surface area (Å²) in [6.45, 7) is 10.1. The summed E-state index contributed by atoms with van der Waals surface area (Å²) in [6, 6.07) is 2.50. The zero-order chi connectivity index (χ0) is 22.9. The van der Waals surface area contributed by atoms with Gasteiger partial charge >= 0.3 is 0 Å². The average Bonchev–Trinajstić information content (AvgIpc) is 3.35. The van der Waals surface area contributed by atoms with Crippen LogP contribution in [0.4, 0.5) is 17.5 Å². The molecule has 4 heterocycles. The number of aromatic nitrogens is 4. The number of likely N-dealkylation sites (tertiary alicyclic amines) is 2. The third-order valence-corrected chi connectivity index (χ3v) is 6.16. The zero-order valence-electron chi connectivity index (χ0n) is 19.2. The van der Waals surface area contributed by atoms with Crippen LogP contribution in [0.25, 0.3) is 0 Å². The summed E-state index contributed by atoms with van der Waals surface area (Å²) < 4.78 is 2.02. The second-order valence-electron chi connectivity index (χ2n) is 9.40. The van der Waals surface area contributed by atoms with Gasteiger partial charge in [-0.15, -0.1) is 0 Å². The number of β-lactam (4-membered cyclic amide) rings is 1. The molecule has 2 saturated heterocycles. The number of nitrogens with one attached hydrogen (secondary N) is 2. The van der Waals surface area contributed by atoms with Gasteiger partial charge in [-0.1, -0.05) is 0 Å². The summed E-state index contributed by atoms with van der Waals surface area (Å²) in [6.07, 6.45) is 5.38. The minimum absolute atomic E-state index is 0.198. The number of likely N-dealkylation sites (N-methyl/N-ethyl adjacent to an activating group) is 1. The van der Waals surface area contributed by atoms with E-state index in [4.69, 9.17) is 0 Å². The number of amides is 1. The molecule has 4 rings (SSSR count). The maximum absolute atomic E-state index is 12.0. The lowest BCUT2D eigenvalue weighted by atomic mass is 9.83. The molecule has 2 aromatic heterocycles. The molecule has 2 aromatic rings. The van der Waals surface area contributed by atoms with Gasteiger partial charge in [0, 0.05) is 32.4 Å². The molecule has 1 amide bonds. The Hall–Kier alpha value is -3.19. The van der Waals surface area contributed by atoms with E-state index in [1.807, 2.05) is 36.5 Å². The van der Waals surface area contributed by atoms with Crippen molar-refractivity contribution in [1.82, 2.24) is 29.5 Å². The first-order chi connectivity index (χ1) is 15.3. The van der Waals surface area contributed by atoms with E-state index in [0.717, 1.165) is 43.9 Å². The summed E-state index contributed by atoms with van der Waals surface area (Å²) in [5.74, 6) is 1.10. The molecule has 1 unspecified atom stereocenters. The number of nitriles is 1. The van der Waals surface area contributed by atoms with Crippen LogP contribution in [0.3, 0.4) is 0 Å². The molecule has 10 heteroatoms.